The molecule has 1 aliphatic carbocycles. The molecule has 104 valence electrons. The number of hydrogen-bond acceptors (Lipinski definition) is 5. The van der Waals surface area contributed by atoms with Gasteiger partial charge in [-0.05, 0) is 24.8 Å². The van der Waals surface area contributed by atoms with Gasteiger partial charge in [-0.15, -0.1) is 0 Å². The molecule has 1 saturated carbocycles. The normalized spacial score (nSPS) is 14.2. The number of hydrogen-bond donors (Lipinski definition) is 1. The van der Waals surface area contributed by atoms with Crippen LogP contribution in [-0.2, 0) is 13.1 Å². The van der Waals surface area contributed by atoms with Crippen LogP contribution >= 0.6 is 11.6 Å². The highest BCUT2D eigenvalue weighted by Gasteiger charge is 2.23. The number of nitrogens with one attached hydrogen (secondary N) is 1. The molecule has 3 rings (SSSR count). The van der Waals surface area contributed by atoms with Crippen molar-refractivity contribution in [3.8, 4) is 0 Å². The third-order valence-corrected chi connectivity index (χ3v) is 3.50. The van der Waals surface area contributed by atoms with Crippen LogP contribution in [-0.4, -0.2) is 19.7 Å². The van der Waals surface area contributed by atoms with Gasteiger partial charge in [0.1, 0.15) is 12.0 Å². The highest BCUT2D eigenvalue weighted by molar-refractivity contribution is 6.32. The van der Waals surface area contributed by atoms with E-state index < -0.39 is 0 Å². The van der Waals surface area contributed by atoms with E-state index in [9.17, 15) is 4.79 Å². The predicted molar refractivity (Wildman–Crippen MR) is 75.6 cm³/mol. The molecular formula is C13H14ClN5O. The maximum Gasteiger partial charge on any atom is 0.291 e. The summed E-state index contributed by atoms with van der Waals surface area (Å²) in [6.45, 7) is 1.09. The van der Waals surface area contributed by atoms with Crippen molar-refractivity contribution < 1.29 is 0 Å². The third-order valence-electron chi connectivity index (χ3n) is 3.22. The van der Waals surface area contributed by atoms with Crippen molar-refractivity contribution in [2.24, 2.45) is 5.92 Å². The van der Waals surface area contributed by atoms with Crippen LogP contribution < -0.4 is 10.9 Å². The van der Waals surface area contributed by atoms with Crippen LogP contribution in [0.1, 0.15) is 18.5 Å². The average Bonchev–Trinajstić information content (AvgIpc) is 3.27. The Hall–Kier alpha value is -1.95. The summed E-state index contributed by atoms with van der Waals surface area (Å²) in [5.41, 5.74) is 0.986. The first-order valence-corrected chi connectivity index (χ1v) is 6.86. The Morgan fingerprint density at radius 1 is 1.45 bits per heavy atom. The SMILES string of the molecule is O=c1c(NCc2ccncn2)c(Cl)cnn1CC1CC1. The molecule has 20 heavy (non-hydrogen) atoms. The first-order valence-electron chi connectivity index (χ1n) is 6.48. The van der Waals surface area contributed by atoms with Crippen LogP contribution in [0.25, 0.3) is 0 Å². The minimum Gasteiger partial charge on any atom is -0.374 e. The van der Waals surface area contributed by atoms with E-state index in [1.807, 2.05) is 0 Å². The lowest BCUT2D eigenvalue weighted by Crippen LogP contribution is -2.26. The summed E-state index contributed by atoms with van der Waals surface area (Å²) in [4.78, 5) is 20.2. The van der Waals surface area contributed by atoms with Gasteiger partial charge in [-0.2, -0.15) is 5.10 Å². The van der Waals surface area contributed by atoms with E-state index in [1.54, 1.807) is 12.3 Å². The second-order valence-corrected chi connectivity index (χ2v) is 5.26. The van der Waals surface area contributed by atoms with Gasteiger partial charge < -0.3 is 5.32 Å². The standard InChI is InChI=1S/C13H14ClN5O/c14-11-6-18-19(7-9-1-2-9)13(20)12(11)16-5-10-3-4-15-8-17-10/h3-4,6,8-9,16H,1-2,5,7H2. The molecule has 2 aromatic heterocycles. The quantitative estimate of drug-likeness (QED) is 0.908. The van der Waals surface area contributed by atoms with Crippen LogP contribution in [0, 0.1) is 5.92 Å². The van der Waals surface area contributed by atoms with E-state index in [0.29, 0.717) is 29.7 Å². The van der Waals surface area contributed by atoms with Crippen molar-refractivity contribution in [2.45, 2.75) is 25.9 Å². The van der Waals surface area contributed by atoms with Crippen molar-refractivity contribution in [3.63, 3.8) is 0 Å². The molecule has 0 unspecified atom stereocenters. The Balaban J connectivity index is 1.79. The number of rotatable bonds is 5. The van der Waals surface area contributed by atoms with Crippen LogP contribution in [0.5, 0.6) is 0 Å². The molecule has 0 atom stereocenters. The molecule has 0 aromatic carbocycles. The topological polar surface area (TPSA) is 72.7 Å². The molecule has 7 heteroatoms. The molecule has 0 saturated heterocycles. The smallest absolute Gasteiger partial charge is 0.291 e. The van der Waals surface area contributed by atoms with Crippen molar-refractivity contribution in [1.82, 2.24) is 19.7 Å². The van der Waals surface area contributed by atoms with Crippen LogP contribution in [0.4, 0.5) is 5.69 Å². The molecule has 0 spiro atoms. The average molecular weight is 292 g/mol. The summed E-state index contributed by atoms with van der Waals surface area (Å²) in [5, 5.41) is 7.45. The fourth-order valence-electron chi connectivity index (χ4n) is 1.91. The van der Waals surface area contributed by atoms with E-state index in [2.05, 4.69) is 20.4 Å². The Kier molecular flexibility index (Phi) is 3.64. The van der Waals surface area contributed by atoms with E-state index >= 15 is 0 Å². The molecule has 0 bridgehead atoms. The second-order valence-electron chi connectivity index (χ2n) is 4.85. The van der Waals surface area contributed by atoms with Crippen LogP contribution in [0.3, 0.4) is 0 Å². The molecule has 1 fully saturated rings. The van der Waals surface area contributed by atoms with Gasteiger partial charge in [0.15, 0.2) is 0 Å². The van der Waals surface area contributed by atoms with E-state index in [4.69, 9.17) is 11.6 Å². The lowest BCUT2D eigenvalue weighted by molar-refractivity contribution is 0.534. The van der Waals surface area contributed by atoms with Crippen molar-refractivity contribution in [2.75, 3.05) is 5.32 Å². The Bertz CT molecular complexity index is 654. The number of aromatic nitrogens is 4. The van der Waals surface area contributed by atoms with E-state index in [-0.39, 0.29) is 5.56 Å². The molecule has 2 heterocycles. The van der Waals surface area contributed by atoms with Crippen LogP contribution in [0.15, 0.2) is 29.6 Å². The maximum atomic E-state index is 12.3. The lowest BCUT2D eigenvalue weighted by atomic mass is 10.3. The van der Waals surface area contributed by atoms with Crippen LogP contribution in [0.2, 0.25) is 5.02 Å². The predicted octanol–water partition coefficient (Wildman–Crippen LogP) is 1.71. The minimum atomic E-state index is -0.182. The van der Waals surface area contributed by atoms with Gasteiger partial charge in [-0.25, -0.2) is 14.6 Å². The highest BCUT2D eigenvalue weighted by Crippen LogP contribution is 2.30. The summed E-state index contributed by atoms with van der Waals surface area (Å²) in [5.74, 6) is 0.580. The van der Waals surface area contributed by atoms with Gasteiger partial charge in [0.05, 0.1) is 23.5 Å². The second kappa shape index (κ2) is 5.58. The molecule has 1 aliphatic rings. The summed E-state index contributed by atoms with van der Waals surface area (Å²) >= 11 is 6.05. The van der Waals surface area contributed by atoms with Crippen molar-refractivity contribution >= 4 is 17.3 Å². The maximum absolute atomic E-state index is 12.3. The molecule has 6 nitrogen and oxygen atoms in total. The van der Waals surface area contributed by atoms with Gasteiger partial charge in [0, 0.05) is 12.7 Å². The zero-order valence-corrected chi connectivity index (χ0v) is 11.5. The highest BCUT2D eigenvalue weighted by atomic mass is 35.5. The number of anilines is 1. The van der Waals surface area contributed by atoms with Gasteiger partial charge in [-0.1, -0.05) is 11.6 Å². The van der Waals surface area contributed by atoms with Gasteiger partial charge in [0.25, 0.3) is 5.56 Å². The summed E-state index contributed by atoms with van der Waals surface area (Å²) in [6.07, 6.45) is 6.97. The van der Waals surface area contributed by atoms with Gasteiger partial charge in [0.2, 0.25) is 0 Å². The van der Waals surface area contributed by atoms with Gasteiger partial charge >= 0.3 is 0 Å². The lowest BCUT2D eigenvalue weighted by Gasteiger charge is -2.10. The molecule has 0 amide bonds. The zero-order valence-electron chi connectivity index (χ0n) is 10.8. The van der Waals surface area contributed by atoms with Crippen molar-refractivity contribution in [3.05, 3.63) is 45.9 Å². The van der Waals surface area contributed by atoms with E-state index in [0.717, 1.165) is 5.69 Å². The fourth-order valence-corrected chi connectivity index (χ4v) is 2.10. The Morgan fingerprint density at radius 3 is 3.00 bits per heavy atom. The zero-order chi connectivity index (χ0) is 13.9. The molecule has 0 radical (unpaired) electrons. The fraction of sp³-hybridized carbons (Fsp3) is 0.385. The van der Waals surface area contributed by atoms with Gasteiger partial charge in [-0.3, -0.25) is 4.79 Å². The minimum absolute atomic E-state index is 0.182. The third kappa shape index (κ3) is 2.96. The van der Waals surface area contributed by atoms with E-state index in [1.165, 1.54) is 30.0 Å². The summed E-state index contributed by atoms with van der Waals surface area (Å²) in [7, 11) is 0. The number of nitrogens with zero attached hydrogens (tertiary/aromatic N) is 4. The first-order chi connectivity index (χ1) is 9.74. The number of halogens is 1. The summed E-state index contributed by atoms with van der Waals surface area (Å²) < 4.78 is 1.48. The first kappa shape index (κ1) is 13.1. The molecular weight excluding hydrogens is 278 g/mol. The Morgan fingerprint density at radius 2 is 2.30 bits per heavy atom. The summed E-state index contributed by atoms with van der Waals surface area (Å²) in [6, 6.07) is 1.78. The monoisotopic (exact) mass is 291 g/mol. The molecule has 2 aromatic rings. The van der Waals surface area contributed by atoms with Crippen molar-refractivity contribution in [1.29, 1.82) is 0 Å². The Labute approximate surface area is 120 Å². The molecule has 0 aliphatic heterocycles. The largest absolute Gasteiger partial charge is 0.374 e. The molecule has 1 N–H and O–H groups in total.